The van der Waals surface area contributed by atoms with E-state index in [1.807, 2.05) is 4.90 Å². The van der Waals surface area contributed by atoms with E-state index in [1.165, 1.54) is 16.7 Å². The minimum Gasteiger partial charge on any atom is -0.381 e. The molecule has 3 rings (SSSR count). The van der Waals surface area contributed by atoms with Gasteiger partial charge in [0.05, 0.1) is 12.7 Å². The number of likely N-dealkylation sites (tertiary alicyclic amines) is 1. The highest BCUT2D eigenvalue weighted by Crippen LogP contribution is 2.36. The van der Waals surface area contributed by atoms with Gasteiger partial charge in [0.1, 0.15) is 0 Å². The summed E-state index contributed by atoms with van der Waals surface area (Å²) in [6.07, 6.45) is 3.34. The summed E-state index contributed by atoms with van der Waals surface area (Å²) in [7, 11) is 0. The molecule has 1 atom stereocenters. The van der Waals surface area contributed by atoms with Crippen molar-refractivity contribution < 1.29 is 13.9 Å². The van der Waals surface area contributed by atoms with Gasteiger partial charge in [-0.05, 0) is 56.2 Å². The van der Waals surface area contributed by atoms with Crippen LogP contribution in [-0.2, 0) is 4.74 Å². The third kappa shape index (κ3) is 3.81. The summed E-state index contributed by atoms with van der Waals surface area (Å²) in [5.41, 5.74) is 3.27. The van der Waals surface area contributed by atoms with Crippen molar-refractivity contribution in [3.63, 3.8) is 0 Å². The molecule has 0 saturated carbocycles. The molecule has 4 nitrogen and oxygen atoms in total. The molecular formula is C20H29FN2O2. The fraction of sp³-hybridized carbons (Fsp3) is 0.650. The number of ether oxygens (including phenoxy) is 1. The number of aryl methyl sites for hydroxylation is 2. The number of nitrogens with one attached hydrogen (secondary N) is 1. The monoisotopic (exact) mass is 348 g/mol. The van der Waals surface area contributed by atoms with Gasteiger partial charge in [-0.15, -0.1) is 0 Å². The Morgan fingerprint density at radius 1 is 1.32 bits per heavy atom. The van der Waals surface area contributed by atoms with Crippen molar-refractivity contribution >= 4 is 6.03 Å². The lowest BCUT2D eigenvalue weighted by atomic mass is 9.81. The van der Waals surface area contributed by atoms with E-state index in [0.717, 1.165) is 19.4 Å². The average Bonchev–Trinajstić information content (AvgIpc) is 3.10. The number of carbonyl (C=O) groups is 1. The van der Waals surface area contributed by atoms with Crippen molar-refractivity contribution in [1.29, 1.82) is 0 Å². The standard InChI is InChI=1S/C20H29FN2O2/c1-15-5-3-6-16(2)18(15)17-7-4-10-23(17)19(24)22-14-20(13-21)8-11-25-12-9-20/h3,5-6,17H,4,7-14H2,1-2H3,(H,22,24). The van der Waals surface area contributed by atoms with Gasteiger partial charge in [0.2, 0.25) is 0 Å². The first-order chi connectivity index (χ1) is 12.1. The molecule has 25 heavy (non-hydrogen) atoms. The van der Waals surface area contributed by atoms with Crippen LogP contribution in [0.1, 0.15) is 48.4 Å². The lowest BCUT2D eigenvalue weighted by Crippen LogP contribution is -2.47. The van der Waals surface area contributed by atoms with Crippen LogP contribution in [0.5, 0.6) is 0 Å². The van der Waals surface area contributed by atoms with Gasteiger partial charge in [-0.3, -0.25) is 4.39 Å². The van der Waals surface area contributed by atoms with Crippen LogP contribution in [0.4, 0.5) is 9.18 Å². The summed E-state index contributed by atoms with van der Waals surface area (Å²) in [5, 5.41) is 3.02. The molecule has 138 valence electrons. The maximum Gasteiger partial charge on any atom is 0.317 e. The Balaban J connectivity index is 1.69. The van der Waals surface area contributed by atoms with Gasteiger partial charge in [-0.2, -0.15) is 0 Å². The topological polar surface area (TPSA) is 41.6 Å². The van der Waals surface area contributed by atoms with Gasteiger partial charge >= 0.3 is 6.03 Å². The zero-order valence-corrected chi connectivity index (χ0v) is 15.3. The van der Waals surface area contributed by atoms with E-state index >= 15 is 0 Å². The summed E-state index contributed by atoms with van der Waals surface area (Å²) >= 11 is 0. The molecular weight excluding hydrogens is 319 g/mol. The van der Waals surface area contributed by atoms with E-state index in [4.69, 9.17) is 4.74 Å². The highest BCUT2D eigenvalue weighted by molar-refractivity contribution is 5.75. The number of nitrogens with zero attached hydrogens (tertiary/aromatic N) is 1. The molecule has 0 bridgehead atoms. The van der Waals surface area contributed by atoms with Crippen LogP contribution < -0.4 is 5.32 Å². The Bertz CT molecular complexity index is 593. The average molecular weight is 348 g/mol. The van der Waals surface area contributed by atoms with E-state index in [-0.39, 0.29) is 12.1 Å². The van der Waals surface area contributed by atoms with Crippen LogP contribution in [-0.4, -0.2) is 43.9 Å². The predicted octanol–water partition coefficient (Wildman–Crippen LogP) is 3.92. The number of benzene rings is 1. The molecule has 2 amide bonds. The molecule has 1 aromatic rings. The Kier molecular flexibility index (Phi) is 5.62. The van der Waals surface area contributed by atoms with Crippen LogP contribution in [0, 0.1) is 19.3 Å². The number of hydrogen-bond donors (Lipinski definition) is 1. The van der Waals surface area contributed by atoms with Gasteiger partial charge in [-0.25, -0.2) is 4.79 Å². The second kappa shape index (κ2) is 7.73. The number of amides is 2. The van der Waals surface area contributed by atoms with E-state index in [9.17, 15) is 9.18 Å². The van der Waals surface area contributed by atoms with Crippen LogP contribution in [0.3, 0.4) is 0 Å². The molecule has 1 unspecified atom stereocenters. The molecule has 2 fully saturated rings. The van der Waals surface area contributed by atoms with Crippen molar-refractivity contribution in [2.75, 3.05) is 33.0 Å². The molecule has 5 heteroatoms. The van der Waals surface area contributed by atoms with Gasteiger partial charge in [0.15, 0.2) is 0 Å². The molecule has 0 aliphatic carbocycles. The van der Waals surface area contributed by atoms with Gasteiger partial charge in [0.25, 0.3) is 0 Å². The third-order valence-electron chi connectivity index (χ3n) is 5.84. The normalized spacial score (nSPS) is 22.8. The summed E-state index contributed by atoms with van der Waals surface area (Å²) in [6, 6.07) is 6.33. The van der Waals surface area contributed by atoms with Crippen molar-refractivity contribution in [2.45, 2.75) is 45.6 Å². The Morgan fingerprint density at radius 2 is 2.00 bits per heavy atom. The molecule has 0 spiro atoms. The van der Waals surface area contributed by atoms with Crippen LogP contribution in [0.15, 0.2) is 18.2 Å². The zero-order valence-electron chi connectivity index (χ0n) is 15.3. The first kappa shape index (κ1) is 18.2. The second-order valence-corrected chi connectivity index (χ2v) is 7.56. The maximum absolute atomic E-state index is 13.6. The lowest BCUT2D eigenvalue weighted by Gasteiger charge is -2.36. The van der Waals surface area contributed by atoms with E-state index in [1.54, 1.807) is 0 Å². The quantitative estimate of drug-likeness (QED) is 0.896. The molecule has 2 heterocycles. The fourth-order valence-corrected chi connectivity index (χ4v) is 4.19. The second-order valence-electron chi connectivity index (χ2n) is 7.56. The smallest absolute Gasteiger partial charge is 0.317 e. The number of rotatable bonds is 4. The van der Waals surface area contributed by atoms with Crippen molar-refractivity contribution in [3.8, 4) is 0 Å². The van der Waals surface area contributed by atoms with E-state index in [2.05, 4.69) is 37.4 Å². The van der Waals surface area contributed by atoms with Gasteiger partial charge in [-0.1, -0.05) is 18.2 Å². The predicted molar refractivity (Wildman–Crippen MR) is 96.5 cm³/mol. The Labute approximate surface area is 149 Å². The molecule has 1 N–H and O–H groups in total. The molecule has 2 saturated heterocycles. The highest BCUT2D eigenvalue weighted by atomic mass is 19.1. The van der Waals surface area contributed by atoms with Crippen molar-refractivity contribution in [2.24, 2.45) is 5.41 Å². The summed E-state index contributed by atoms with van der Waals surface area (Å²) < 4.78 is 18.9. The first-order valence-corrected chi connectivity index (χ1v) is 9.31. The highest BCUT2D eigenvalue weighted by Gasteiger charge is 2.36. The molecule has 1 aromatic carbocycles. The fourth-order valence-electron chi connectivity index (χ4n) is 4.19. The Morgan fingerprint density at radius 3 is 2.64 bits per heavy atom. The number of urea groups is 1. The number of hydrogen-bond acceptors (Lipinski definition) is 2. The van der Waals surface area contributed by atoms with Crippen LogP contribution in [0.25, 0.3) is 0 Å². The molecule has 2 aliphatic heterocycles. The minimum atomic E-state index is -0.457. The van der Waals surface area contributed by atoms with Gasteiger partial charge < -0.3 is 15.0 Å². The minimum absolute atomic E-state index is 0.0653. The summed E-state index contributed by atoms with van der Waals surface area (Å²) in [6.45, 7) is 6.12. The largest absolute Gasteiger partial charge is 0.381 e. The Hall–Kier alpha value is -1.62. The van der Waals surface area contributed by atoms with Crippen molar-refractivity contribution in [1.82, 2.24) is 10.2 Å². The summed E-state index contributed by atoms with van der Waals surface area (Å²) in [5.74, 6) is 0. The van der Waals surface area contributed by atoms with Crippen LogP contribution >= 0.6 is 0 Å². The number of alkyl halides is 1. The van der Waals surface area contributed by atoms with E-state index in [0.29, 0.717) is 32.6 Å². The third-order valence-corrected chi connectivity index (χ3v) is 5.84. The lowest BCUT2D eigenvalue weighted by molar-refractivity contribution is 0.00302. The number of carbonyl (C=O) groups excluding carboxylic acids is 1. The molecule has 0 aromatic heterocycles. The summed E-state index contributed by atoms with van der Waals surface area (Å²) in [4.78, 5) is 14.7. The van der Waals surface area contributed by atoms with Crippen LogP contribution in [0.2, 0.25) is 0 Å². The van der Waals surface area contributed by atoms with Gasteiger partial charge in [0, 0.05) is 31.7 Å². The first-order valence-electron chi connectivity index (χ1n) is 9.31. The van der Waals surface area contributed by atoms with Crippen molar-refractivity contribution in [3.05, 3.63) is 34.9 Å². The molecule has 0 radical (unpaired) electrons. The zero-order chi connectivity index (χ0) is 17.9. The maximum atomic E-state index is 13.6. The SMILES string of the molecule is Cc1cccc(C)c1C1CCCN1C(=O)NCC1(CF)CCOCC1. The number of halogens is 1. The van der Waals surface area contributed by atoms with E-state index < -0.39 is 12.1 Å². The molecule has 2 aliphatic rings.